The fraction of sp³-hybridized carbons (Fsp3) is 0.423. The molecule has 0 unspecified atom stereocenters. The molecule has 186 valence electrons. The summed E-state index contributed by atoms with van der Waals surface area (Å²) < 4.78 is 46.9. The van der Waals surface area contributed by atoms with E-state index >= 15 is 8.78 Å². The number of carbonyl (C=O) groups excluding carboxylic acids is 1. The number of nitrogens with zero attached hydrogens (tertiary/aromatic N) is 1. The van der Waals surface area contributed by atoms with E-state index in [0.717, 1.165) is 31.5 Å². The average molecular weight is 487 g/mol. The van der Waals surface area contributed by atoms with Gasteiger partial charge in [-0.05, 0) is 68.8 Å². The van der Waals surface area contributed by atoms with E-state index in [9.17, 15) is 9.90 Å². The van der Waals surface area contributed by atoms with Crippen LogP contribution in [0.4, 0.5) is 8.78 Å². The molecule has 2 atom stereocenters. The minimum atomic E-state index is -3.91. The molecule has 2 aromatic carbocycles. The zero-order valence-electron chi connectivity index (χ0n) is 19.4. The predicted molar refractivity (Wildman–Crippen MR) is 125 cm³/mol. The van der Waals surface area contributed by atoms with E-state index in [4.69, 9.17) is 13.9 Å². The first kappa shape index (κ1) is 23.6. The number of likely N-dealkylation sites (tertiary alicyclic amines) is 1. The largest absolute Gasteiger partial charge is 0.486 e. The second-order valence-electron chi connectivity index (χ2n) is 9.16. The third-order valence-electron chi connectivity index (χ3n) is 6.53. The number of hydrogen-bond donors (Lipinski definition) is 2. The first-order valence-electron chi connectivity index (χ1n) is 11.8. The molecule has 0 saturated carbocycles. The number of aliphatic hydroxyl groups excluding tert-OH is 1. The van der Waals surface area contributed by atoms with E-state index in [0.29, 0.717) is 35.7 Å². The highest BCUT2D eigenvalue weighted by Crippen LogP contribution is 2.36. The van der Waals surface area contributed by atoms with Gasteiger partial charge in [0, 0.05) is 11.9 Å². The molecule has 35 heavy (non-hydrogen) atoms. The number of aryl methyl sites for hydroxylation is 1. The summed E-state index contributed by atoms with van der Waals surface area (Å²) in [4.78, 5) is 14.9. The average Bonchev–Trinajstić information content (AvgIpc) is 3.52. The van der Waals surface area contributed by atoms with Crippen molar-refractivity contribution in [2.75, 3.05) is 32.8 Å². The van der Waals surface area contributed by atoms with Gasteiger partial charge in [0.05, 0.1) is 6.04 Å². The Morgan fingerprint density at radius 2 is 1.83 bits per heavy atom. The fourth-order valence-corrected chi connectivity index (χ4v) is 4.63. The molecule has 2 N–H and O–H groups in total. The number of furan rings is 1. The van der Waals surface area contributed by atoms with E-state index in [2.05, 4.69) is 5.32 Å². The van der Waals surface area contributed by atoms with Crippen molar-refractivity contribution in [3.63, 3.8) is 0 Å². The normalized spacial score (nSPS) is 17.9. The molecule has 7 nitrogen and oxygen atoms in total. The highest BCUT2D eigenvalue weighted by atomic mass is 19.3. The Morgan fingerprint density at radius 3 is 2.60 bits per heavy atom. The van der Waals surface area contributed by atoms with Crippen LogP contribution in [0.1, 0.15) is 35.8 Å². The predicted octanol–water partition coefficient (Wildman–Crippen LogP) is 3.92. The summed E-state index contributed by atoms with van der Waals surface area (Å²) in [6.45, 7) is 4.44. The molecule has 0 aliphatic carbocycles. The van der Waals surface area contributed by atoms with Crippen LogP contribution < -0.4 is 14.8 Å². The van der Waals surface area contributed by atoms with Crippen molar-refractivity contribution in [3.05, 3.63) is 59.4 Å². The van der Waals surface area contributed by atoms with E-state index in [1.165, 1.54) is 6.07 Å². The molecule has 9 heteroatoms. The molecule has 1 aromatic heterocycles. The van der Waals surface area contributed by atoms with Gasteiger partial charge in [0.2, 0.25) is 0 Å². The van der Waals surface area contributed by atoms with Gasteiger partial charge in [0.15, 0.2) is 17.3 Å². The molecule has 0 spiro atoms. The third-order valence-corrected chi connectivity index (χ3v) is 6.53. The third kappa shape index (κ3) is 4.83. The van der Waals surface area contributed by atoms with E-state index < -0.39 is 29.7 Å². The van der Waals surface area contributed by atoms with Crippen LogP contribution in [-0.2, 0) is 10.7 Å². The van der Waals surface area contributed by atoms with Gasteiger partial charge < -0.3 is 29.2 Å². The van der Waals surface area contributed by atoms with E-state index in [1.807, 2.05) is 11.8 Å². The summed E-state index contributed by atoms with van der Waals surface area (Å²) in [5.41, 5.74) is 1.62. The summed E-state index contributed by atoms with van der Waals surface area (Å²) in [6, 6.07) is 10.2. The number of benzene rings is 2. The van der Waals surface area contributed by atoms with Gasteiger partial charge in [-0.1, -0.05) is 17.7 Å². The van der Waals surface area contributed by atoms with Crippen LogP contribution in [0.2, 0.25) is 0 Å². The van der Waals surface area contributed by atoms with Gasteiger partial charge in [0.25, 0.3) is 5.91 Å². The number of nitrogens with one attached hydrogen (secondary N) is 1. The first-order valence-corrected chi connectivity index (χ1v) is 11.8. The number of rotatable bonds is 7. The molecular formula is C26H28F2N2O5. The minimum absolute atomic E-state index is 0.233. The summed E-state index contributed by atoms with van der Waals surface area (Å²) >= 11 is 0. The number of halogens is 2. The lowest BCUT2D eigenvalue weighted by Gasteiger charge is -2.30. The van der Waals surface area contributed by atoms with Gasteiger partial charge in [-0.25, -0.2) is 0 Å². The van der Waals surface area contributed by atoms with Gasteiger partial charge >= 0.3 is 5.92 Å². The highest BCUT2D eigenvalue weighted by Gasteiger charge is 2.46. The van der Waals surface area contributed by atoms with Gasteiger partial charge in [0.1, 0.15) is 24.9 Å². The number of carbonyl (C=O) groups is 1. The maximum Gasteiger partial charge on any atom is 0.380 e. The monoisotopic (exact) mass is 486 g/mol. The number of ether oxygens (including phenoxy) is 2. The van der Waals surface area contributed by atoms with Gasteiger partial charge in [-0.3, -0.25) is 4.79 Å². The second-order valence-corrected chi connectivity index (χ2v) is 9.16. The Balaban J connectivity index is 1.39. The molecule has 2 aliphatic rings. The van der Waals surface area contributed by atoms with Crippen molar-refractivity contribution in [1.29, 1.82) is 0 Å². The molecule has 3 aromatic rings. The number of aliphatic hydroxyl groups is 1. The molecule has 0 bridgehead atoms. The first-order chi connectivity index (χ1) is 16.8. The Labute approximate surface area is 201 Å². The Morgan fingerprint density at radius 1 is 1.09 bits per heavy atom. The zero-order chi connectivity index (χ0) is 24.6. The molecular weight excluding hydrogens is 458 g/mol. The highest BCUT2D eigenvalue weighted by molar-refractivity contribution is 5.87. The maximum absolute atomic E-state index is 15.2. The lowest BCUT2D eigenvalue weighted by molar-refractivity contribution is -0.151. The SMILES string of the molecule is Cc1ccc2oc(C(F)(F)C(=O)N[C@H](CN3CCCC3)[C@H](O)c3ccc4c(c3)OCCO4)cc2c1. The van der Waals surface area contributed by atoms with Crippen molar-refractivity contribution in [1.82, 2.24) is 10.2 Å². The summed E-state index contributed by atoms with van der Waals surface area (Å²) in [5.74, 6) is -5.14. The summed E-state index contributed by atoms with van der Waals surface area (Å²) in [7, 11) is 0. The topological polar surface area (TPSA) is 84.2 Å². The smallest absolute Gasteiger partial charge is 0.380 e. The molecule has 0 radical (unpaired) electrons. The van der Waals surface area contributed by atoms with Gasteiger partial charge in [-0.15, -0.1) is 0 Å². The number of alkyl halides is 2. The summed E-state index contributed by atoms with van der Waals surface area (Å²) in [6.07, 6.45) is 0.731. The maximum atomic E-state index is 15.2. The number of amides is 1. The van der Waals surface area contributed by atoms with Crippen molar-refractivity contribution >= 4 is 16.9 Å². The van der Waals surface area contributed by atoms with Crippen LogP contribution in [0.15, 0.2) is 46.9 Å². The standard InChI is InChI=1S/C26H28F2N2O5/c1-16-4-6-20-18(12-16)14-23(35-20)26(27,28)25(32)29-19(15-30-8-2-3-9-30)24(31)17-5-7-21-22(13-17)34-11-10-33-21/h4-7,12-14,19,24,31H,2-3,8-11,15H2,1H3,(H,29,32)/t19-,24-/m1/s1. The summed E-state index contributed by atoms with van der Waals surface area (Å²) in [5, 5.41) is 14.1. The molecule has 1 amide bonds. The van der Waals surface area contributed by atoms with Crippen LogP contribution in [-0.4, -0.2) is 54.8 Å². The quantitative estimate of drug-likeness (QED) is 0.527. The van der Waals surface area contributed by atoms with Crippen LogP contribution in [0, 0.1) is 6.92 Å². The van der Waals surface area contributed by atoms with Crippen molar-refractivity contribution < 1.29 is 32.6 Å². The lowest BCUT2D eigenvalue weighted by Crippen LogP contribution is -2.50. The van der Waals surface area contributed by atoms with Crippen LogP contribution in [0.25, 0.3) is 11.0 Å². The van der Waals surface area contributed by atoms with Crippen molar-refractivity contribution in [2.45, 2.75) is 37.8 Å². The number of hydrogen-bond acceptors (Lipinski definition) is 6. The van der Waals surface area contributed by atoms with Crippen LogP contribution in [0.5, 0.6) is 11.5 Å². The van der Waals surface area contributed by atoms with E-state index in [-0.39, 0.29) is 12.1 Å². The Bertz CT molecular complexity index is 1220. The van der Waals surface area contributed by atoms with Gasteiger partial charge in [-0.2, -0.15) is 8.78 Å². The Kier molecular flexibility index (Phi) is 6.37. The Hall–Kier alpha value is -3.17. The molecule has 3 heterocycles. The minimum Gasteiger partial charge on any atom is -0.486 e. The van der Waals surface area contributed by atoms with E-state index in [1.54, 1.807) is 36.4 Å². The lowest BCUT2D eigenvalue weighted by atomic mass is 10.00. The zero-order valence-corrected chi connectivity index (χ0v) is 19.4. The molecule has 1 saturated heterocycles. The van der Waals surface area contributed by atoms with Crippen molar-refractivity contribution in [2.24, 2.45) is 0 Å². The molecule has 1 fully saturated rings. The fourth-order valence-electron chi connectivity index (χ4n) is 4.63. The van der Waals surface area contributed by atoms with Crippen LogP contribution >= 0.6 is 0 Å². The van der Waals surface area contributed by atoms with Crippen molar-refractivity contribution in [3.8, 4) is 11.5 Å². The molecule has 5 rings (SSSR count). The van der Waals surface area contributed by atoms with Crippen LogP contribution in [0.3, 0.4) is 0 Å². The molecule has 2 aliphatic heterocycles. The number of fused-ring (bicyclic) bond motifs is 2. The second kappa shape index (κ2) is 9.47.